The smallest absolute Gasteiger partial charge is 0.315 e. The number of anilines is 1. The van der Waals surface area contributed by atoms with E-state index in [0.29, 0.717) is 24.5 Å². The Kier molecular flexibility index (Phi) is 4.58. The van der Waals surface area contributed by atoms with E-state index in [9.17, 15) is 0 Å². The van der Waals surface area contributed by atoms with Gasteiger partial charge in [-0.05, 0) is 37.6 Å². The minimum atomic E-state index is 0.469. The van der Waals surface area contributed by atoms with Crippen LogP contribution >= 0.6 is 0 Å². The van der Waals surface area contributed by atoms with Crippen molar-refractivity contribution >= 4 is 6.01 Å². The Bertz CT molecular complexity index is 356. The third kappa shape index (κ3) is 3.70. The van der Waals surface area contributed by atoms with E-state index in [4.69, 9.17) is 4.42 Å². The van der Waals surface area contributed by atoms with E-state index < -0.39 is 0 Å². The number of hydrogen-bond donors (Lipinski definition) is 2. The zero-order valence-electron chi connectivity index (χ0n) is 11.6. The maximum atomic E-state index is 5.56. The lowest BCUT2D eigenvalue weighted by Gasteiger charge is -2.31. The van der Waals surface area contributed by atoms with E-state index >= 15 is 0 Å². The molecule has 0 aliphatic heterocycles. The molecule has 0 spiro atoms. The fourth-order valence-electron chi connectivity index (χ4n) is 2.85. The van der Waals surface area contributed by atoms with Gasteiger partial charge in [0, 0.05) is 6.04 Å². The molecular weight excluding hydrogens is 228 g/mol. The van der Waals surface area contributed by atoms with Crippen LogP contribution in [0.2, 0.25) is 0 Å². The third-order valence-electron chi connectivity index (χ3n) is 3.50. The highest BCUT2D eigenvalue weighted by molar-refractivity contribution is 5.20. The molecule has 0 saturated heterocycles. The Morgan fingerprint density at radius 3 is 2.56 bits per heavy atom. The van der Waals surface area contributed by atoms with Gasteiger partial charge in [0.05, 0.1) is 6.54 Å². The standard InChI is InChI=1S/C13H24N4O/c1-4-14-8-12-16-17-13(18-12)15-11-6-9(2)5-10(3)7-11/h9-11,14H,4-8H2,1-3H3,(H,15,17). The molecule has 1 aliphatic carbocycles. The summed E-state index contributed by atoms with van der Waals surface area (Å²) in [5.41, 5.74) is 0. The largest absolute Gasteiger partial charge is 0.407 e. The molecule has 0 bridgehead atoms. The maximum Gasteiger partial charge on any atom is 0.315 e. The average Bonchev–Trinajstić information content (AvgIpc) is 2.72. The van der Waals surface area contributed by atoms with Gasteiger partial charge >= 0.3 is 6.01 Å². The molecule has 1 saturated carbocycles. The second kappa shape index (κ2) is 6.18. The molecule has 2 rings (SSSR count). The van der Waals surface area contributed by atoms with Crippen LogP contribution in [0.3, 0.4) is 0 Å². The van der Waals surface area contributed by atoms with Gasteiger partial charge in [-0.2, -0.15) is 0 Å². The van der Waals surface area contributed by atoms with Crippen molar-refractivity contribution in [1.29, 1.82) is 0 Å². The molecule has 0 radical (unpaired) electrons. The molecule has 0 aromatic carbocycles. The Hall–Kier alpha value is -1.10. The fourth-order valence-corrected chi connectivity index (χ4v) is 2.85. The third-order valence-corrected chi connectivity index (χ3v) is 3.50. The van der Waals surface area contributed by atoms with Crippen LogP contribution in [-0.4, -0.2) is 22.8 Å². The number of rotatable bonds is 5. The first-order chi connectivity index (χ1) is 8.67. The molecule has 1 heterocycles. The lowest BCUT2D eigenvalue weighted by Crippen LogP contribution is -2.30. The second-order valence-corrected chi connectivity index (χ2v) is 5.54. The highest BCUT2D eigenvalue weighted by Gasteiger charge is 2.24. The van der Waals surface area contributed by atoms with Crippen LogP contribution in [0, 0.1) is 11.8 Å². The SMILES string of the molecule is CCNCc1nnc(NC2CC(C)CC(C)C2)o1. The van der Waals surface area contributed by atoms with E-state index in [1.807, 2.05) is 0 Å². The lowest BCUT2D eigenvalue weighted by molar-refractivity contribution is 0.277. The minimum Gasteiger partial charge on any atom is -0.407 e. The number of nitrogens with zero attached hydrogens (tertiary/aromatic N) is 2. The summed E-state index contributed by atoms with van der Waals surface area (Å²) in [6, 6.07) is 1.03. The topological polar surface area (TPSA) is 63.0 Å². The van der Waals surface area contributed by atoms with Gasteiger partial charge < -0.3 is 15.1 Å². The van der Waals surface area contributed by atoms with Gasteiger partial charge in [-0.3, -0.25) is 0 Å². The number of nitrogens with one attached hydrogen (secondary N) is 2. The van der Waals surface area contributed by atoms with Crippen molar-refractivity contribution in [2.45, 2.75) is 52.6 Å². The molecule has 1 aromatic rings. The van der Waals surface area contributed by atoms with Crippen LogP contribution in [0.25, 0.3) is 0 Å². The van der Waals surface area contributed by atoms with Crippen molar-refractivity contribution in [3.63, 3.8) is 0 Å². The Balaban J connectivity index is 1.86. The van der Waals surface area contributed by atoms with E-state index in [1.54, 1.807) is 0 Å². The maximum absolute atomic E-state index is 5.56. The van der Waals surface area contributed by atoms with Crippen LogP contribution in [0.5, 0.6) is 0 Å². The minimum absolute atomic E-state index is 0.469. The van der Waals surface area contributed by atoms with Gasteiger partial charge in [0.2, 0.25) is 5.89 Å². The summed E-state index contributed by atoms with van der Waals surface area (Å²) >= 11 is 0. The monoisotopic (exact) mass is 252 g/mol. The van der Waals surface area contributed by atoms with E-state index in [1.165, 1.54) is 19.3 Å². The average molecular weight is 252 g/mol. The van der Waals surface area contributed by atoms with Crippen LogP contribution in [-0.2, 0) is 6.54 Å². The summed E-state index contributed by atoms with van der Waals surface area (Å²) in [5.74, 6) is 2.20. The summed E-state index contributed by atoms with van der Waals surface area (Å²) in [6.07, 6.45) is 3.71. The molecule has 2 atom stereocenters. The highest BCUT2D eigenvalue weighted by Crippen LogP contribution is 2.30. The molecule has 5 nitrogen and oxygen atoms in total. The summed E-state index contributed by atoms with van der Waals surface area (Å²) < 4.78 is 5.56. The van der Waals surface area contributed by atoms with Gasteiger partial charge in [0.1, 0.15) is 0 Å². The zero-order chi connectivity index (χ0) is 13.0. The summed E-state index contributed by atoms with van der Waals surface area (Å²) in [7, 11) is 0. The molecule has 1 fully saturated rings. The van der Waals surface area contributed by atoms with Gasteiger partial charge in [-0.25, -0.2) is 0 Å². The fraction of sp³-hybridized carbons (Fsp3) is 0.846. The molecular formula is C13H24N4O. The predicted octanol–water partition coefficient (Wildman–Crippen LogP) is 2.42. The summed E-state index contributed by atoms with van der Waals surface area (Å²) in [6.45, 7) is 8.23. The van der Waals surface area contributed by atoms with Crippen LogP contribution in [0.4, 0.5) is 6.01 Å². The van der Waals surface area contributed by atoms with E-state index in [-0.39, 0.29) is 0 Å². The second-order valence-electron chi connectivity index (χ2n) is 5.54. The summed E-state index contributed by atoms with van der Waals surface area (Å²) in [5, 5.41) is 14.6. The van der Waals surface area contributed by atoms with Crippen molar-refractivity contribution in [3.05, 3.63) is 5.89 Å². The first-order valence-electron chi connectivity index (χ1n) is 6.97. The summed E-state index contributed by atoms with van der Waals surface area (Å²) in [4.78, 5) is 0. The van der Waals surface area contributed by atoms with Gasteiger partial charge in [0.25, 0.3) is 0 Å². The Morgan fingerprint density at radius 1 is 1.17 bits per heavy atom. The van der Waals surface area contributed by atoms with Gasteiger partial charge in [0.15, 0.2) is 0 Å². The molecule has 1 aliphatic rings. The lowest BCUT2D eigenvalue weighted by atomic mass is 9.80. The van der Waals surface area contributed by atoms with Crippen LogP contribution in [0.1, 0.15) is 45.9 Å². The van der Waals surface area contributed by atoms with Crippen LogP contribution < -0.4 is 10.6 Å². The molecule has 5 heteroatoms. The first-order valence-corrected chi connectivity index (χ1v) is 6.97. The molecule has 1 aromatic heterocycles. The Labute approximate surface area is 109 Å². The molecule has 2 unspecified atom stereocenters. The zero-order valence-corrected chi connectivity index (χ0v) is 11.6. The molecule has 102 valence electrons. The quantitative estimate of drug-likeness (QED) is 0.842. The van der Waals surface area contributed by atoms with Gasteiger partial charge in [-0.1, -0.05) is 25.9 Å². The van der Waals surface area contributed by atoms with E-state index in [0.717, 1.165) is 18.4 Å². The van der Waals surface area contributed by atoms with Crippen molar-refractivity contribution in [1.82, 2.24) is 15.5 Å². The molecule has 2 N–H and O–H groups in total. The van der Waals surface area contributed by atoms with Crippen LogP contribution in [0.15, 0.2) is 4.42 Å². The van der Waals surface area contributed by atoms with Crippen molar-refractivity contribution in [3.8, 4) is 0 Å². The highest BCUT2D eigenvalue weighted by atomic mass is 16.4. The van der Waals surface area contributed by atoms with Crippen molar-refractivity contribution < 1.29 is 4.42 Å². The first kappa shape index (κ1) is 13.3. The van der Waals surface area contributed by atoms with Crippen molar-refractivity contribution in [2.75, 3.05) is 11.9 Å². The van der Waals surface area contributed by atoms with Gasteiger partial charge in [-0.15, -0.1) is 5.10 Å². The normalized spacial score (nSPS) is 28.3. The van der Waals surface area contributed by atoms with E-state index in [2.05, 4.69) is 41.6 Å². The van der Waals surface area contributed by atoms with Crippen molar-refractivity contribution in [2.24, 2.45) is 11.8 Å². The molecule has 0 amide bonds. The number of hydrogen-bond acceptors (Lipinski definition) is 5. The number of aromatic nitrogens is 2. The molecule has 18 heavy (non-hydrogen) atoms. The Morgan fingerprint density at radius 2 is 1.89 bits per heavy atom. The predicted molar refractivity (Wildman–Crippen MR) is 71.3 cm³/mol.